The number of nitrogens with zero attached hydrogens (tertiary/aromatic N) is 2. The van der Waals surface area contributed by atoms with E-state index in [1.54, 1.807) is 11.8 Å². The molecule has 1 saturated carbocycles. The molecule has 2 fully saturated rings. The molecule has 2 aliphatic rings. The van der Waals surface area contributed by atoms with Crippen LogP contribution in [0, 0.1) is 0 Å². The first-order chi connectivity index (χ1) is 11.6. The number of nitrogens with one attached hydrogen (secondary N) is 1. The van der Waals surface area contributed by atoms with Crippen LogP contribution in [0.2, 0.25) is 0 Å². The highest BCUT2D eigenvalue weighted by Crippen LogP contribution is 2.23. The Morgan fingerprint density at radius 2 is 1.83 bits per heavy atom. The maximum atomic E-state index is 12.9. The highest BCUT2D eigenvalue weighted by Gasteiger charge is 2.28. The normalized spacial score (nSPS) is 22.0. The third kappa shape index (κ3) is 5.96. The molecule has 1 heterocycles. The number of hydrogen-bond acceptors (Lipinski definition) is 4. The van der Waals surface area contributed by atoms with Gasteiger partial charge in [0.2, 0.25) is 11.8 Å². The second-order valence-electron chi connectivity index (χ2n) is 7.04. The van der Waals surface area contributed by atoms with E-state index in [9.17, 15) is 9.59 Å². The lowest BCUT2D eigenvalue weighted by atomic mass is 9.94. The van der Waals surface area contributed by atoms with Crippen molar-refractivity contribution in [3.8, 4) is 0 Å². The molecule has 1 N–H and O–H groups in total. The Balaban J connectivity index is 1.89. The summed E-state index contributed by atoms with van der Waals surface area (Å²) in [6.45, 7) is 5.19. The molecule has 2 amide bonds. The summed E-state index contributed by atoms with van der Waals surface area (Å²) in [5, 5.41) is 2.85. The maximum absolute atomic E-state index is 12.9. The minimum atomic E-state index is -0.365. The van der Waals surface area contributed by atoms with E-state index in [2.05, 4.69) is 10.2 Å². The topological polar surface area (TPSA) is 52.7 Å². The average Bonchev–Trinajstić information content (AvgIpc) is 2.84. The SMILES string of the molecule is CSCC[C@H](NC(C)=O)C(=O)N1CCCN(C2CCCCC2)CC1. The van der Waals surface area contributed by atoms with E-state index < -0.39 is 0 Å². The molecule has 1 atom stereocenters. The first kappa shape index (κ1) is 19.6. The molecule has 24 heavy (non-hydrogen) atoms. The molecular formula is C18H33N3O2S. The molecule has 1 saturated heterocycles. The van der Waals surface area contributed by atoms with Gasteiger partial charge in [-0.15, -0.1) is 0 Å². The van der Waals surface area contributed by atoms with Gasteiger partial charge < -0.3 is 10.2 Å². The van der Waals surface area contributed by atoms with Crippen molar-refractivity contribution < 1.29 is 9.59 Å². The predicted molar refractivity (Wildman–Crippen MR) is 100 cm³/mol. The largest absolute Gasteiger partial charge is 0.345 e. The summed E-state index contributed by atoms with van der Waals surface area (Å²) in [7, 11) is 0. The number of hydrogen-bond donors (Lipinski definition) is 1. The van der Waals surface area contributed by atoms with Crippen LogP contribution in [0.15, 0.2) is 0 Å². The lowest BCUT2D eigenvalue weighted by Gasteiger charge is -2.33. The summed E-state index contributed by atoms with van der Waals surface area (Å²) in [6.07, 6.45) is 10.5. The van der Waals surface area contributed by atoms with Crippen molar-refractivity contribution in [2.24, 2.45) is 0 Å². The third-order valence-electron chi connectivity index (χ3n) is 5.22. The van der Waals surface area contributed by atoms with E-state index in [0.717, 1.165) is 44.4 Å². The zero-order valence-electron chi connectivity index (χ0n) is 15.3. The number of rotatable bonds is 6. The van der Waals surface area contributed by atoms with Crippen molar-refractivity contribution >= 4 is 23.6 Å². The zero-order chi connectivity index (χ0) is 17.4. The van der Waals surface area contributed by atoms with E-state index in [4.69, 9.17) is 0 Å². The van der Waals surface area contributed by atoms with Crippen LogP contribution in [0.4, 0.5) is 0 Å². The highest BCUT2D eigenvalue weighted by atomic mass is 32.2. The van der Waals surface area contributed by atoms with Crippen LogP contribution in [0.5, 0.6) is 0 Å². The molecule has 1 aliphatic carbocycles. The first-order valence-electron chi connectivity index (χ1n) is 9.40. The Morgan fingerprint density at radius 3 is 2.50 bits per heavy atom. The fourth-order valence-electron chi connectivity index (χ4n) is 3.93. The van der Waals surface area contributed by atoms with Crippen molar-refractivity contribution in [3.63, 3.8) is 0 Å². The zero-order valence-corrected chi connectivity index (χ0v) is 16.1. The van der Waals surface area contributed by atoms with Crippen molar-refractivity contribution in [2.75, 3.05) is 38.2 Å². The Hall–Kier alpha value is -0.750. The lowest BCUT2D eigenvalue weighted by molar-refractivity contribution is -0.136. The first-order valence-corrected chi connectivity index (χ1v) is 10.8. The van der Waals surface area contributed by atoms with Crippen molar-refractivity contribution in [1.82, 2.24) is 15.1 Å². The summed E-state index contributed by atoms with van der Waals surface area (Å²) in [6, 6.07) is 0.354. The molecule has 6 heteroatoms. The molecule has 0 aromatic carbocycles. The molecule has 0 aromatic rings. The van der Waals surface area contributed by atoms with Gasteiger partial charge in [0.1, 0.15) is 6.04 Å². The van der Waals surface area contributed by atoms with Gasteiger partial charge in [-0.25, -0.2) is 0 Å². The number of carbonyl (C=O) groups excluding carboxylic acids is 2. The molecule has 0 bridgehead atoms. The predicted octanol–water partition coefficient (Wildman–Crippen LogP) is 2.11. The summed E-state index contributed by atoms with van der Waals surface area (Å²) < 4.78 is 0. The summed E-state index contributed by atoms with van der Waals surface area (Å²) >= 11 is 1.71. The van der Waals surface area contributed by atoms with Crippen LogP contribution in [0.3, 0.4) is 0 Å². The van der Waals surface area contributed by atoms with Crippen LogP contribution in [0.25, 0.3) is 0 Å². The van der Waals surface area contributed by atoms with Crippen LogP contribution >= 0.6 is 11.8 Å². The fraction of sp³-hybridized carbons (Fsp3) is 0.889. The molecule has 0 aromatic heterocycles. The van der Waals surface area contributed by atoms with E-state index >= 15 is 0 Å². The van der Waals surface area contributed by atoms with Crippen LogP contribution in [-0.4, -0.2) is 71.9 Å². The Labute approximate surface area is 150 Å². The van der Waals surface area contributed by atoms with Gasteiger partial charge in [0.25, 0.3) is 0 Å². The smallest absolute Gasteiger partial charge is 0.245 e. The van der Waals surface area contributed by atoms with Crippen LogP contribution < -0.4 is 5.32 Å². The Morgan fingerprint density at radius 1 is 1.08 bits per heavy atom. The Bertz CT molecular complexity index is 413. The quantitative estimate of drug-likeness (QED) is 0.793. The standard InChI is InChI=1S/C18H33N3O2S/c1-15(22)19-17(9-14-24-2)18(23)21-11-6-10-20(12-13-21)16-7-4-3-5-8-16/h16-17H,3-14H2,1-2H3,(H,19,22)/t17-/m0/s1. The Kier molecular flexibility index (Phi) is 8.39. The minimum absolute atomic E-state index is 0.102. The fourth-order valence-corrected chi connectivity index (χ4v) is 4.40. The highest BCUT2D eigenvalue weighted by molar-refractivity contribution is 7.98. The van der Waals surface area contributed by atoms with Crippen molar-refractivity contribution in [1.29, 1.82) is 0 Å². The van der Waals surface area contributed by atoms with Gasteiger partial charge in [-0.2, -0.15) is 11.8 Å². The summed E-state index contributed by atoms with van der Waals surface area (Å²) in [4.78, 5) is 28.9. The molecule has 1 aliphatic heterocycles. The molecular weight excluding hydrogens is 322 g/mol. The van der Waals surface area contributed by atoms with Crippen molar-refractivity contribution in [3.05, 3.63) is 0 Å². The molecule has 138 valence electrons. The van der Waals surface area contributed by atoms with Gasteiger partial charge >= 0.3 is 0 Å². The van der Waals surface area contributed by atoms with Crippen molar-refractivity contribution in [2.45, 2.75) is 64.0 Å². The molecule has 0 spiro atoms. The monoisotopic (exact) mass is 355 g/mol. The molecule has 0 unspecified atom stereocenters. The van der Waals surface area contributed by atoms with Crippen LogP contribution in [0.1, 0.15) is 51.9 Å². The molecule has 2 rings (SSSR count). The average molecular weight is 356 g/mol. The van der Waals surface area contributed by atoms with Gasteiger partial charge in [0, 0.05) is 39.1 Å². The number of thioether (sulfide) groups is 1. The third-order valence-corrected chi connectivity index (χ3v) is 5.86. The number of carbonyl (C=O) groups is 2. The van der Waals surface area contributed by atoms with Gasteiger partial charge in [-0.05, 0) is 37.7 Å². The van der Waals surface area contributed by atoms with Gasteiger partial charge in [0.15, 0.2) is 0 Å². The van der Waals surface area contributed by atoms with E-state index in [1.807, 2.05) is 11.2 Å². The van der Waals surface area contributed by atoms with E-state index in [1.165, 1.54) is 39.0 Å². The van der Waals surface area contributed by atoms with Gasteiger partial charge in [0.05, 0.1) is 0 Å². The van der Waals surface area contributed by atoms with E-state index in [-0.39, 0.29) is 17.9 Å². The van der Waals surface area contributed by atoms with Crippen LogP contribution in [-0.2, 0) is 9.59 Å². The minimum Gasteiger partial charge on any atom is -0.345 e. The summed E-state index contributed by atoms with van der Waals surface area (Å²) in [5.41, 5.74) is 0. The second-order valence-corrected chi connectivity index (χ2v) is 8.03. The second kappa shape index (κ2) is 10.3. The molecule has 5 nitrogen and oxygen atoms in total. The summed E-state index contributed by atoms with van der Waals surface area (Å²) in [5.74, 6) is 0.872. The van der Waals surface area contributed by atoms with Gasteiger partial charge in [-0.3, -0.25) is 14.5 Å². The lowest BCUT2D eigenvalue weighted by Crippen LogP contribution is -2.49. The molecule has 0 radical (unpaired) electrons. The maximum Gasteiger partial charge on any atom is 0.245 e. The van der Waals surface area contributed by atoms with Gasteiger partial charge in [-0.1, -0.05) is 19.3 Å². The number of amides is 2. The van der Waals surface area contributed by atoms with E-state index in [0.29, 0.717) is 6.42 Å².